The third-order valence-electron chi connectivity index (χ3n) is 12.0. The number of ether oxygens (including phenoxy) is 1. The van der Waals surface area contributed by atoms with Gasteiger partial charge in [-0.3, -0.25) is 49.2 Å². The van der Waals surface area contributed by atoms with Gasteiger partial charge in [0.25, 0.3) is 5.91 Å². The zero-order valence-electron chi connectivity index (χ0n) is 38.7. The predicted octanol–water partition coefficient (Wildman–Crippen LogP) is -1.85. The molecule has 9 amide bonds. The van der Waals surface area contributed by atoms with Gasteiger partial charge in [0.1, 0.15) is 42.3 Å². The molecule has 24 nitrogen and oxygen atoms in total. The highest BCUT2D eigenvalue weighted by Gasteiger charge is 2.43. The van der Waals surface area contributed by atoms with E-state index in [4.69, 9.17) is 21.6 Å². The minimum Gasteiger partial charge on any atom is -0.370 e. The second-order valence-corrected chi connectivity index (χ2v) is 17.1. The third-order valence-corrected chi connectivity index (χ3v) is 12.0. The predicted molar refractivity (Wildman–Crippen MR) is 254 cm³/mol. The van der Waals surface area contributed by atoms with Gasteiger partial charge in [-0.05, 0) is 56.3 Å². The van der Waals surface area contributed by atoms with Crippen molar-refractivity contribution >= 4 is 64.2 Å². The standard InChI is InChI=1S/C46H61N15O9/c1-26-39(63)57-37(21-29-23-51-24-54-29)43(67)58-35(19-27-9-3-2-4-10-27)41(65)56-33(14-8-17-52-45(48)49)40(64)59-36(20-28-22-53-31-12-6-5-11-30(28)31)42(66)55-32(38(47)62)13-7-16-50-25-70-18-15-34-44(68)61(26)46(69)60-34/h2-6,9-12,22-24,26,32-37,50,53H,7-8,13-21,25H2,1H3,(H2,47,62)(H,51,54)(H,55,66)(H,56,65)(H,57,63)(H,58,67)(H,59,64)(H,60,69)(H4,48,49,52)/t26-,32+,33+,34+,35-,36+,37+/m1/s1. The van der Waals surface area contributed by atoms with Crippen molar-refractivity contribution in [2.45, 2.75) is 101 Å². The quantitative estimate of drug-likeness (QED) is 0.0340. The number of nitrogens with one attached hydrogen (secondary N) is 11. The van der Waals surface area contributed by atoms with E-state index in [1.54, 1.807) is 36.5 Å². The number of aromatic nitrogens is 3. The number of H-pyrrole nitrogens is 2. The molecule has 2 bridgehead atoms. The van der Waals surface area contributed by atoms with Gasteiger partial charge in [0, 0.05) is 61.2 Å². The number of primary amides is 1. The lowest BCUT2D eigenvalue weighted by molar-refractivity contribution is -0.137. The highest BCUT2D eigenvalue weighted by Crippen LogP contribution is 2.20. The number of benzene rings is 2. The molecule has 2 aliphatic heterocycles. The van der Waals surface area contributed by atoms with Crippen LogP contribution in [0.1, 0.15) is 55.8 Å². The molecule has 0 radical (unpaired) electrons. The molecule has 24 heteroatoms. The summed E-state index contributed by atoms with van der Waals surface area (Å²) < 4.78 is 5.64. The molecule has 70 heavy (non-hydrogen) atoms. The van der Waals surface area contributed by atoms with Gasteiger partial charge in [-0.2, -0.15) is 0 Å². The first-order valence-corrected chi connectivity index (χ1v) is 23.1. The van der Waals surface area contributed by atoms with E-state index in [0.717, 1.165) is 15.8 Å². The van der Waals surface area contributed by atoms with Gasteiger partial charge in [0.05, 0.1) is 19.7 Å². The summed E-state index contributed by atoms with van der Waals surface area (Å²) in [4.78, 5) is 122. The Hall–Kier alpha value is -7.86. The van der Waals surface area contributed by atoms with Gasteiger partial charge in [0.15, 0.2) is 5.96 Å². The second kappa shape index (κ2) is 25.0. The second-order valence-electron chi connectivity index (χ2n) is 17.1. The maximum atomic E-state index is 14.6. The van der Waals surface area contributed by atoms with Crippen molar-refractivity contribution in [3.63, 3.8) is 0 Å². The fourth-order valence-electron chi connectivity index (χ4n) is 8.16. The van der Waals surface area contributed by atoms with Gasteiger partial charge in [-0.1, -0.05) is 48.5 Å². The summed E-state index contributed by atoms with van der Waals surface area (Å²) in [5, 5.41) is 30.4. The van der Waals surface area contributed by atoms with E-state index in [2.05, 4.69) is 57.5 Å². The zero-order chi connectivity index (χ0) is 50.2. The number of carbonyl (C=O) groups excluding carboxylic acids is 8. The average molecular weight is 968 g/mol. The molecule has 4 heterocycles. The summed E-state index contributed by atoms with van der Waals surface area (Å²) in [6, 6.07) is 6.40. The molecule has 374 valence electrons. The van der Waals surface area contributed by atoms with Gasteiger partial charge < -0.3 is 63.4 Å². The Bertz CT molecular complexity index is 2480. The molecular formula is C46H61N15O9. The summed E-state index contributed by atoms with van der Waals surface area (Å²) in [6.07, 6.45) is 4.98. The molecule has 6 rings (SSSR count). The van der Waals surface area contributed by atoms with Crippen molar-refractivity contribution in [1.29, 1.82) is 5.41 Å². The Morgan fingerprint density at radius 1 is 0.786 bits per heavy atom. The molecule has 2 fully saturated rings. The van der Waals surface area contributed by atoms with Gasteiger partial charge in [-0.25, -0.2) is 9.78 Å². The maximum Gasteiger partial charge on any atom is 0.325 e. The fraction of sp³-hybridized carbons (Fsp3) is 0.435. The summed E-state index contributed by atoms with van der Waals surface area (Å²) in [5.41, 5.74) is 13.8. The minimum absolute atomic E-state index is 0.0358. The fourth-order valence-corrected chi connectivity index (χ4v) is 8.16. The molecule has 0 aliphatic carbocycles. The summed E-state index contributed by atoms with van der Waals surface area (Å²) in [7, 11) is 0. The Morgan fingerprint density at radius 2 is 1.44 bits per heavy atom. The van der Waals surface area contributed by atoms with Crippen LogP contribution in [0.4, 0.5) is 4.79 Å². The van der Waals surface area contributed by atoms with E-state index in [1.807, 2.05) is 24.3 Å². The number of nitrogens with zero attached hydrogens (tertiary/aromatic N) is 2. The Balaban J connectivity index is 1.33. The van der Waals surface area contributed by atoms with Crippen LogP contribution in [-0.4, -0.2) is 142 Å². The highest BCUT2D eigenvalue weighted by atomic mass is 16.5. The number of fused-ring (bicyclic) bond motifs is 3. The summed E-state index contributed by atoms with van der Waals surface area (Å²) in [6.45, 7) is 1.90. The zero-order valence-corrected chi connectivity index (χ0v) is 38.7. The van der Waals surface area contributed by atoms with E-state index in [0.29, 0.717) is 29.8 Å². The lowest BCUT2D eigenvalue weighted by Crippen LogP contribution is -2.60. The number of imidazole rings is 1. The molecule has 2 aliphatic rings. The first-order valence-electron chi connectivity index (χ1n) is 23.1. The van der Waals surface area contributed by atoms with Crippen molar-refractivity contribution in [2.24, 2.45) is 11.5 Å². The Kier molecular flexibility index (Phi) is 18.4. The summed E-state index contributed by atoms with van der Waals surface area (Å²) >= 11 is 0. The molecule has 15 N–H and O–H groups in total. The number of hydrogen-bond donors (Lipinski definition) is 13. The Labute approximate surface area is 402 Å². The number of guanidine groups is 1. The maximum absolute atomic E-state index is 14.6. The number of carbonyl (C=O) groups is 8. The largest absolute Gasteiger partial charge is 0.370 e. The molecule has 2 aromatic carbocycles. The highest BCUT2D eigenvalue weighted by molar-refractivity contribution is 6.08. The van der Waals surface area contributed by atoms with Gasteiger partial charge in [-0.15, -0.1) is 0 Å². The normalized spacial score (nSPS) is 24.0. The molecule has 7 atom stereocenters. The number of hydrogen-bond acceptors (Lipinski definition) is 12. The van der Waals surface area contributed by atoms with Crippen LogP contribution in [0.15, 0.2) is 73.3 Å². The number of imide groups is 1. The summed E-state index contributed by atoms with van der Waals surface area (Å²) in [5.74, 6) is -5.76. The van der Waals surface area contributed by atoms with Crippen LogP contribution in [0.2, 0.25) is 0 Å². The number of rotatable bonds is 11. The van der Waals surface area contributed by atoms with Crippen LogP contribution in [0.5, 0.6) is 0 Å². The number of nitrogens with two attached hydrogens (primary N) is 2. The van der Waals surface area contributed by atoms with Crippen molar-refractivity contribution in [1.82, 2.24) is 62.4 Å². The van der Waals surface area contributed by atoms with Crippen molar-refractivity contribution in [2.75, 3.05) is 26.4 Å². The van der Waals surface area contributed by atoms with Crippen LogP contribution in [0.3, 0.4) is 0 Å². The monoisotopic (exact) mass is 967 g/mol. The average Bonchev–Trinajstić information content (AvgIpc) is 4.08. The van der Waals surface area contributed by atoms with E-state index in [-0.39, 0.29) is 70.8 Å². The van der Waals surface area contributed by atoms with E-state index >= 15 is 0 Å². The van der Waals surface area contributed by atoms with Crippen LogP contribution in [0, 0.1) is 5.41 Å². The van der Waals surface area contributed by atoms with Gasteiger partial charge in [0.2, 0.25) is 35.4 Å². The first kappa shape index (κ1) is 51.5. The Morgan fingerprint density at radius 3 is 2.16 bits per heavy atom. The van der Waals surface area contributed by atoms with E-state index < -0.39 is 89.7 Å². The SMILES string of the molecule is C[C@@H]1C(=O)N[C@@H](Cc2cnc[nH]2)C(=O)N[C@H](Cc2ccccc2)C(=O)N[C@@H](CCCNC(=N)N)C(=O)N[C@@H](Cc2c[nH]c3ccccc23)C(=O)N[C@H](C(N)=O)CCCNCOCC[C@@H]2NC(=O)N1C2=O. The van der Waals surface area contributed by atoms with Crippen LogP contribution < -0.4 is 54.0 Å². The lowest BCUT2D eigenvalue weighted by atomic mass is 10.0. The lowest BCUT2D eigenvalue weighted by Gasteiger charge is -2.28. The topological polar surface area (TPSA) is 366 Å². The molecule has 2 aromatic heterocycles. The van der Waals surface area contributed by atoms with E-state index in [1.165, 1.54) is 19.4 Å². The number of para-hydroxylation sites is 1. The third kappa shape index (κ3) is 14.3. The molecule has 4 aromatic rings. The number of urea groups is 1. The molecular weight excluding hydrogens is 907 g/mol. The molecule has 0 saturated carbocycles. The number of aromatic amines is 2. The minimum atomic E-state index is -1.38. The molecule has 0 spiro atoms. The van der Waals surface area contributed by atoms with Crippen molar-refractivity contribution < 1.29 is 43.1 Å². The van der Waals surface area contributed by atoms with Crippen LogP contribution in [0.25, 0.3) is 10.9 Å². The molecule has 0 unspecified atom stereocenters. The van der Waals surface area contributed by atoms with Crippen molar-refractivity contribution in [3.8, 4) is 0 Å². The molecule has 2 saturated heterocycles. The number of amides is 9. The van der Waals surface area contributed by atoms with Gasteiger partial charge >= 0.3 is 6.03 Å². The smallest absolute Gasteiger partial charge is 0.325 e. The van der Waals surface area contributed by atoms with Crippen LogP contribution in [-0.2, 0) is 57.6 Å². The van der Waals surface area contributed by atoms with E-state index in [9.17, 15) is 38.4 Å². The van der Waals surface area contributed by atoms with Crippen LogP contribution >= 0.6 is 0 Å². The first-order chi connectivity index (χ1) is 33.7. The van der Waals surface area contributed by atoms with Crippen molar-refractivity contribution in [3.05, 3.63) is 90.1 Å².